The van der Waals surface area contributed by atoms with Crippen molar-refractivity contribution in [1.82, 2.24) is 4.90 Å². The molecule has 0 aromatic heterocycles. The molecule has 0 saturated carbocycles. The minimum Gasteiger partial charge on any atom is -0.346 e. The van der Waals surface area contributed by atoms with Gasteiger partial charge in [-0.1, -0.05) is 30.3 Å². The summed E-state index contributed by atoms with van der Waals surface area (Å²) in [5.74, 6) is 0.832. The van der Waals surface area contributed by atoms with Gasteiger partial charge in [0.15, 0.2) is 0 Å². The molecule has 0 unspecified atom stereocenters. The molecule has 80 valence electrons. The van der Waals surface area contributed by atoms with E-state index in [4.69, 9.17) is 0 Å². The van der Waals surface area contributed by atoms with Gasteiger partial charge in [-0.2, -0.15) is 0 Å². The third kappa shape index (κ3) is 2.58. The van der Waals surface area contributed by atoms with Gasteiger partial charge in [-0.3, -0.25) is 4.79 Å². The molecule has 1 aromatic rings. The van der Waals surface area contributed by atoms with Crippen LogP contribution in [0.5, 0.6) is 0 Å². The van der Waals surface area contributed by atoms with E-state index in [0.29, 0.717) is 18.2 Å². The van der Waals surface area contributed by atoms with Crippen LogP contribution in [0.25, 0.3) is 0 Å². The number of carbonyl (C=O) groups is 1. The molecule has 0 aliphatic carbocycles. The fourth-order valence-corrected chi connectivity index (χ4v) is 2.13. The van der Waals surface area contributed by atoms with E-state index < -0.39 is 0 Å². The molecule has 1 saturated heterocycles. The fourth-order valence-electron chi connectivity index (χ4n) is 2.13. The van der Waals surface area contributed by atoms with Gasteiger partial charge in [-0.05, 0) is 24.3 Å². The van der Waals surface area contributed by atoms with E-state index in [0.717, 1.165) is 19.4 Å². The maximum absolute atomic E-state index is 11.5. The van der Waals surface area contributed by atoms with Crippen molar-refractivity contribution in [3.8, 4) is 0 Å². The molecular formula is C13H17NO. The van der Waals surface area contributed by atoms with Gasteiger partial charge in [0.1, 0.15) is 0 Å². The first kappa shape index (κ1) is 10.2. The number of rotatable bonds is 2. The van der Waals surface area contributed by atoms with Crippen LogP contribution in [0.2, 0.25) is 0 Å². The number of nitrogens with zero attached hydrogens (tertiary/aromatic N) is 1. The molecule has 0 bridgehead atoms. The number of amides is 1. The van der Waals surface area contributed by atoms with E-state index in [1.807, 2.05) is 18.0 Å². The van der Waals surface area contributed by atoms with E-state index in [2.05, 4.69) is 24.3 Å². The third-order valence-corrected chi connectivity index (χ3v) is 3.13. The lowest BCUT2D eigenvalue weighted by Gasteiger charge is -2.28. The quantitative estimate of drug-likeness (QED) is 0.720. The number of hydrogen-bond donors (Lipinski definition) is 0. The molecule has 1 aliphatic heterocycles. The first-order valence-electron chi connectivity index (χ1n) is 5.53. The average Bonchev–Trinajstić information content (AvgIpc) is 2.25. The van der Waals surface area contributed by atoms with Crippen molar-refractivity contribution in [3.63, 3.8) is 0 Å². The van der Waals surface area contributed by atoms with Crippen molar-refractivity contribution < 1.29 is 4.79 Å². The highest BCUT2D eigenvalue weighted by atomic mass is 16.2. The lowest BCUT2D eigenvalue weighted by atomic mass is 9.90. The summed E-state index contributed by atoms with van der Waals surface area (Å²) in [5.41, 5.74) is 1.35. The summed E-state index contributed by atoms with van der Waals surface area (Å²) >= 11 is 0. The molecule has 1 amide bonds. The standard InChI is InChI=1S/C13H17NO/c1-14-8-7-12(10-13(14)15)9-11-5-3-2-4-6-11/h2-6,12H,7-10H2,1H3/t12-/m1/s1. The molecule has 1 aromatic carbocycles. The van der Waals surface area contributed by atoms with E-state index in [9.17, 15) is 4.79 Å². The Bertz CT molecular complexity index is 334. The van der Waals surface area contributed by atoms with Crippen LogP contribution in [0.1, 0.15) is 18.4 Å². The van der Waals surface area contributed by atoms with Crippen LogP contribution in [0, 0.1) is 5.92 Å². The van der Waals surface area contributed by atoms with Crippen LogP contribution >= 0.6 is 0 Å². The SMILES string of the molecule is CN1CC[C@H](Cc2ccccc2)CC1=O. The highest BCUT2D eigenvalue weighted by Gasteiger charge is 2.22. The molecule has 2 heteroatoms. The predicted molar refractivity (Wildman–Crippen MR) is 60.5 cm³/mol. The topological polar surface area (TPSA) is 20.3 Å². The number of piperidine rings is 1. The molecule has 0 N–H and O–H groups in total. The first-order valence-corrected chi connectivity index (χ1v) is 5.53. The Kier molecular flexibility index (Phi) is 3.05. The van der Waals surface area contributed by atoms with Crippen LogP contribution < -0.4 is 0 Å². The minimum absolute atomic E-state index is 0.294. The molecule has 1 atom stereocenters. The normalized spacial score (nSPS) is 21.8. The maximum Gasteiger partial charge on any atom is 0.222 e. The zero-order chi connectivity index (χ0) is 10.7. The van der Waals surface area contributed by atoms with Crippen LogP contribution in [-0.2, 0) is 11.2 Å². The molecular weight excluding hydrogens is 186 g/mol. The highest BCUT2D eigenvalue weighted by molar-refractivity contribution is 5.76. The van der Waals surface area contributed by atoms with E-state index in [1.165, 1.54) is 5.56 Å². The average molecular weight is 203 g/mol. The smallest absolute Gasteiger partial charge is 0.222 e. The summed E-state index contributed by atoms with van der Waals surface area (Å²) < 4.78 is 0. The minimum atomic E-state index is 0.294. The molecule has 2 rings (SSSR count). The summed E-state index contributed by atoms with van der Waals surface area (Å²) in [5, 5.41) is 0. The molecule has 15 heavy (non-hydrogen) atoms. The molecule has 2 nitrogen and oxygen atoms in total. The lowest BCUT2D eigenvalue weighted by molar-refractivity contribution is -0.133. The second-order valence-electron chi connectivity index (χ2n) is 4.36. The third-order valence-electron chi connectivity index (χ3n) is 3.13. The highest BCUT2D eigenvalue weighted by Crippen LogP contribution is 2.21. The lowest BCUT2D eigenvalue weighted by Crippen LogP contribution is -2.36. The van der Waals surface area contributed by atoms with Crippen LogP contribution in [-0.4, -0.2) is 24.4 Å². The van der Waals surface area contributed by atoms with Crippen molar-refractivity contribution in [2.75, 3.05) is 13.6 Å². The van der Waals surface area contributed by atoms with Crippen molar-refractivity contribution in [3.05, 3.63) is 35.9 Å². The number of hydrogen-bond acceptors (Lipinski definition) is 1. The Morgan fingerprint density at radius 3 is 2.73 bits per heavy atom. The van der Waals surface area contributed by atoms with Gasteiger partial charge < -0.3 is 4.90 Å². The molecule has 0 radical (unpaired) electrons. The van der Waals surface area contributed by atoms with E-state index in [-0.39, 0.29) is 0 Å². The summed E-state index contributed by atoms with van der Waals surface area (Å²) in [6.07, 6.45) is 2.89. The Balaban J connectivity index is 1.94. The number of likely N-dealkylation sites (tertiary alicyclic amines) is 1. The summed E-state index contributed by atoms with van der Waals surface area (Å²) in [6, 6.07) is 10.4. The summed E-state index contributed by atoms with van der Waals surface area (Å²) in [6.45, 7) is 0.913. The zero-order valence-electron chi connectivity index (χ0n) is 9.15. The van der Waals surface area contributed by atoms with Crippen molar-refractivity contribution in [1.29, 1.82) is 0 Å². The van der Waals surface area contributed by atoms with E-state index in [1.54, 1.807) is 0 Å². The van der Waals surface area contributed by atoms with Gasteiger partial charge in [0, 0.05) is 20.0 Å². The summed E-state index contributed by atoms with van der Waals surface area (Å²) in [7, 11) is 1.89. The van der Waals surface area contributed by atoms with Gasteiger partial charge in [0.2, 0.25) is 5.91 Å². The van der Waals surface area contributed by atoms with Gasteiger partial charge in [-0.15, -0.1) is 0 Å². The number of benzene rings is 1. The van der Waals surface area contributed by atoms with Crippen LogP contribution in [0.4, 0.5) is 0 Å². The Morgan fingerprint density at radius 1 is 1.33 bits per heavy atom. The van der Waals surface area contributed by atoms with Crippen LogP contribution in [0.3, 0.4) is 0 Å². The Labute approximate surface area is 90.9 Å². The van der Waals surface area contributed by atoms with Gasteiger partial charge in [-0.25, -0.2) is 0 Å². The van der Waals surface area contributed by atoms with Crippen molar-refractivity contribution >= 4 is 5.91 Å². The van der Waals surface area contributed by atoms with Gasteiger partial charge in [0.05, 0.1) is 0 Å². The second kappa shape index (κ2) is 4.47. The zero-order valence-corrected chi connectivity index (χ0v) is 9.15. The van der Waals surface area contributed by atoms with Crippen molar-refractivity contribution in [2.45, 2.75) is 19.3 Å². The molecule has 0 spiro atoms. The summed E-state index contributed by atoms with van der Waals surface area (Å²) in [4.78, 5) is 13.4. The largest absolute Gasteiger partial charge is 0.346 e. The van der Waals surface area contributed by atoms with Gasteiger partial charge >= 0.3 is 0 Å². The van der Waals surface area contributed by atoms with E-state index >= 15 is 0 Å². The number of carbonyl (C=O) groups excluding carboxylic acids is 1. The first-order chi connectivity index (χ1) is 7.25. The molecule has 1 fully saturated rings. The monoisotopic (exact) mass is 203 g/mol. The van der Waals surface area contributed by atoms with Gasteiger partial charge in [0.25, 0.3) is 0 Å². The molecule has 1 heterocycles. The predicted octanol–water partition coefficient (Wildman–Crippen LogP) is 2.10. The van der Waals surface area contributed by atoms with Crippen LogP contribution in [0.15, 0.2) is 30.3 Å². The Morgan fingerprint density at radius 2 is 2.07 bits per heavy atom. The van der Waals surface area contributed by atoms with Crippen molar-refractivity contribution in [2.24, 2.45) is 5.92 Å². The molecule has 1 aliphatic rings. The fraction of sp³-hybridized carbons (Fsp3) is 0.462. The maximum atomic E-state index is 11.5. The second-order valence-corrected chi connectivity index (χ2v) is 4.36. The Hall–Kier alpha value is -1.31.